The molecule has 2 aliphatic heterocycles. The zero-order valence-electron chi connectivity index (χ0n) is 14.6. The van der Waals surface area contributed by atoms with Crippen molar-refractivity contribution in [1.29, 1.82) is 0 Å². The molecule has 0 radical (unpaired) electrons. The van der Waals surface area contributed by atoms with Crippen LogP contribution in [0.5, 0.6) is 5.75 Å². The molecule has 0 fully saturated rings. The van der Waals surface area contributed by atoms with Gasteiger partial charge in [-0.25, -0.2) is 0 Å². The van der Waals surface area contributed by atoms with Gasteiger partial charge in [-0.2, -0.15) is 0 Å². The second-order valence-corrected chi connectivity index (χ2v) is 6.79. The lowest BCUT2D eigenvalue weighted by Crippen LogP contribution is -2.47. The minimum absolute atomic E-state index is 0.148. The molecular formula is C22H21N3O. The third-order valence-corrected chi connectivity index (χ3v) is 5.28. The van der Waals surface area contributed by atoms with E-state index in [0.717, 1.165) is 12.3 Å². The van der Waals surface area contributed by atoms with E-state index in [1.54, 1.807) is 7.11 Å². The molecule has 4 nitrogen and oxygen atoms in total. The average Bonchev–Trinajstić information content (AvgIpc) is 2.69. The van der Waals surface area contributed by atoms with Gasteiger partial charge in [0.15, 0.2) is 0 Å². The van der Waals surface area contributed by atoms with Gasteiger partial charge in [0.25, 0.3) is 0 Å². The molecule has 5 rings (SSSR count). The van der Waals surface area contributed by atoms with Gasteiger partial charge in [-0.3, -0.25) is 4.90 Å². The smallest absolute Gasteiger partial charge is 0.118 e. The average molecular weight is 343 g/mol. The number of nitrogens with zero attached hydrogens (tertiary/aromatic N) is 1. The number of para-hydroxylation sites is 2. The van der Waals surface area contributed by atoms with Crippen LogP contribution in [0.15, 0.2) is 72.8 Å². The molecule has 3 aromatic carbocycles. The molecule has 2 N–H and O–H groups in total. The Labute approximate surface area is 153 Å². The highest BCUT2D eigenvalue weighted by Crippen LogP contribution is 2.47. The summed E-state index contributed by atoms with van der Waals surface area (Å²) in [7, 11) is 1.70. The Balaban J connectivity index is 1.55. The van der Waals surface area contributed by atoms with E-state index in [4.69, 9.17) is 4.74 Å². The second kappa shape index (κ2) is 6.07. The fourth-order valence-corrected chi connectivity index (χ4v) is 3.98. The summed E-state index contributed by atoms with van der Waals surface area (Å²) in [4.78, 5) is 2.48. The van der Waals surface area contributed by atoms with Crippen LogP contribution in [0.1, 0.15) is 29.0 Å². The fraction of sp³-hybridized carbons (Fsp3) is 0.182. The molecular weight excluding hydrogens is 322 g/mol. The summed E-state index contributed by atoms with van der Waals surface area (Å²) in [5.74, 6) is 0.888. The van der Waals surface area contributed by atoms with E-state index in [1.807, 2.05) is 12.1 Å². The highest BCUT2D eigenvalue weighted by molar-refractivity contribution is 5.65. The zero-order valence-corrected chi connectivity index (χ0v) is 14.6. The monoisotopic (exact) mass is 343 g/mol. The lowest BCUT2D eigenvalue weighted by molar-refractivity contribution is 0.138. The summed E-state index contributed by atoms with van der Waals surface area (Å²) < 4.78 is 5.29. The molecule has 2 atom stereocenters. The van der Waals surface area contributed by atoms with Crippen molar-refractivity contribution in [2.75, 3.05) is 17.7 Å². The Morgan fingerprint density at radius 3 is 1.85 bits per heavy atom. The number of methoxy groups -OCH3 is 1. The largest absolute Gasteiger partial charge is 0.497 e. The molecule has 0 saturated heterocycles. The first-order valence-corrected chi connectivity index (χ1v) is 8.93. The predicted molar refractivity (Wildman–Crippen MR) is 104 cm³/mol. The highest BCUT2D eigenvalue weighted by atomic mass is 16.5. The minimum atomic E-state index is 0.148. The minimum Gasteiger partial charge on any atom is -0.497 e. The van der Waals surface area contributed by atoms with Crippen LogP contribution in [0.4, 0.5) is 11.4 Å². The van der Waals surface area contributed by atoms with Crippen LogP contribution in [0.25, 0.3) is 0 Å². The summed E-state index contributed by atoms with van der Waals surface area (Å²) in [6.45, 7) is 0.849. The molecule has 0 saturated carbocycles. The molecule has 0 amide bonds. The lowest BCUT2D eigenvalue weighted by Gasteiger charge is -2.49. The van der Waals surface area contributed by atoms with Crippen LogP contribution in [-0.4, -0.2) is 12.0 Å². The molecule has 3 aromatic rings. The summed E-state index contributed by atoms with van der Waals surface area (Å²) in [5, 5.41) is 7.48. The Bertz CT molecular complexity index is 885. The maximum atomic E-state index is 5.29. The molecule has 130 valence electrons. The Hall–Kier alpha value is -2.98. The van der Waals surface area contributed by atoms with Gasteiger partial charge < -0.3 is 15.4 Å². The number of nitrogens with one attached hydrogen (secondary N) is 2. The first kappa shape index (κ1) is 15.3. The van der Waals surface area contributed by atoms with Gasteiger partial charge in [0.2, 0.25) is 0 Å². The van der Waals surface area contributed by atoms with E-state index in [1.165, 1.54) is 28.1 Å². The predicted octanol–water partition coefficient (Wildman–Crippen LogP) is 4.75. The number of hydrogen-bond acceptors (Lipinski definition) is 4. The molecule has 2 bridgehead atoms. The maximum Gasteiger partial charge on any atom is 0.118 e. The number of ether oxygens (including phenoxy) is 1. The Morgan fingerprint density at radius 2 is 1.31 bits per heavy atom. The molecule has 0 spiro atoms. The van der Waals surface area contributed by atoms with Crippen molar-refractivity contribution in [1.82, 2.24) is 4.90 Å². The number of fused-ring (bicyclic) bond motifs is 6. The summed E-state index contributed by atoms with van der Waals surface area (Å²) in [5.41, 5.74) is 6.24. The second-order valence-electron chi connectivity index (χ2n) is 6.79. The van der Waals surface area contributed by atoms with Gasteiger partial charge >= 0.3 is 0 Å². The van der Waals surface area contributed by atoms with Crippen LogP contribution < -0.4 is 15.4 Å². The van der Waals surface area contributed by atoms with Crippen molar-refractivity contribution >= 4 is 11.4 Å². The van der Waals surface area contributed by atoms with Crippen molar-refractivity contribution in [3.8, 4) is 5.75 Å². The molecule has 0 aliphatic carbocycles. The van der Waals surface area contributed by atoms with Crippen molar-refractivity contribution in [2.24, 2.45) is 0 Å². The van der Waals surface area contributed by atoms with Crippen molar-refractivity contribution in [3.05, 3.63) is 89.5 Å². The molecule has 2 aliphatic rings. The summed E-state index contributed by atoms with van der Waals surface area (Å²) in [6, 6.07) is 25.4. The van der Waals surface area contributed by atoms with E-state index in [-0.39, 0.29) is 12.3 Å². The van der Waals surface area contributed by atoms with Crippen molar-refractivity contribution in [2.45, 2.75) is 18.9 Å². The first-order valence-electron chi connectivity index (χ1n) is 8.93. The number of benzene rings is 3. The number of hydrogen-bond donors (Lipinski definition) is 2. The van der Waals surface area contributed by atoms with Crippen molar-refractivity contribution in [3.63, 3.8) is 0 Å². The van der Waals surface area contributed by atoms with E-state index in [9.17, 15) is 0 Å². The summed E-state index contributed by atoms with van der Waals surface area (Å²) >= 11 is 0. The molecule has 26 heavy (non-hydrogen) atoms. The van der Waals surface area contributed by atoms with Crippen LogP contribution >= 0.6 is 0 Å². The van der Waals surface area contributed by atoms with E-state index >= 15 is 0 Å². The number of anilines is 2. The Kier molecular flexibility index (Phi) is 3.57. The van der Waals surface area contributed by atoms with Crippen molar-refractivity contribution < 1.29 is 4.74 Å². The van der Waals surface area contributed by atoms with E-state index in [2.05, 4.69) is 76.2 Å². The molecule has 0 aromatic heterocycles. The topological polar surface area (TPSA) is 36.5 Å². The summed E-state index contributed by atoms with van der Waals surface area (Å²) in [6.07, 6.45) is 0.295. The van der Waals surface area contributed by atoms with Gasteiger partial charge in [-0.05, 0) is 29.8 Å². The fourth-order valence-electron chi connectivity index (χ4n) is 3.98. The third kappa shape index (κ3) is 2.42. The van der Waals surface area contributed by atoms with E-state index in [0.29, 0.717) is 0 Å². The highest BCUT2D eigenvalue weighted by Gasteiger charge is 2.39. The lowest BCUT2D eigenvalue weighted by atomic mass is 9.95. The number of rotatable bonds is 3. The quantitative estimate of drug-likeness (QED) is 0.720. The first-order chi connectivity index (χ1) is 12.8. The molecule has 2 heterocycles. The van der Waals surface area contributed by atoms with Crippen LogP contribution in [-0.2, 0) is 6.54 Å². The zero-order chi connectivity index (χ0) is 17.5. The van der Waals surface area contributed by atoms with Gasteiger partial charge in [-0.1, -0.05) is 48.5 Å². The SMILES string of the molecule is COc1ccc(CN2[C@H]3Nc4ccccc4[C@@H]2Nc2ccccc23)cc1. The van der Waals surface area contributed by atoms with Gasteiger partial charge in [0.05, 0.1) is 7.11 Å². The van der Waals surface area contributed by atoms with Crippen LogP contribution in [0.3, 0.4) is 0 Å². The maximum absolute atomic E-state index is 5.29. The van der Waals surface area contributed by atoms with Crippen LogP contribution in [0.2, 0.25) is 0 Å². The standard InChI is InChI=1S/C22H21N3O/c1-26-16-12-10-15(11-13-16)14-25-21-17-6-2-4-8-19(17)23-22(25)18-7-3-5-9-20(18)24-21/h2-13,21-24H,14H2,1H3/t21-,22-/m1/s1. The van der Waals surface area contributed by atoms with Gasteiger partial charge in [-0.15, -0.1) is 0 Å². The Morgan fingerprint density at radius 1 is 0.769 bits per heavy atom. The molecule has 4 heteroatoms. The van der Waals surface area contributed by atoms with Gasteiger partial charge in [0, 0.05) is 29.0 Å². The van der Waals surface area contributed by atoms with E-state index < -0.39 is 0 Å². The third-order valence-electron chi connectivity index (χ3n) is 5.28. The molecule has 0 unspecified atom stereocenters. The normalized spacial score (nSPS) is 20.3. The van der Waals surface area contributed by atoms with Gasteiger partial charge in [0.1, 0.15) is 18.1 Å². The van der Waals surface area contributed by atoms with Crippen LogP contribution in [0, 0.1) is 0 Å².